The molecule has 0 bridgehead atoms. The van der Waals surface area contributed by atoms with Crippen LogP contribution in [0.1, 0.15) is 31.0 Å². The van der Waals surface area contributed by atoms with Gasteiger partial charge >= 0.3 is 11.8 Å². The van der Waals surface area contributed by atoms with Crippen molar-refractivity contribution in [3.8, 4) is 11.6 Å². The first-order chi connectivity index (χ1) is 10.5. The van der Waals surface area contributed by atoms with E-state index in [4.69, 9.17) is 4.42 Å². The zero-order valence-corrected chi connectivity index (χ0v) is 12.3. The Hall–Kier alpha value is -2.57. The second kappa shape index (κ2) is 5.67. The lowest BCUT2D eigenvalue weighted by Gasteiger charge is -2.27. The molecule has 2 aromatic rings. The Morgan fingerprint density at radius 3 is 2.77 bits per heavy atom. The number of nitrogens with zero attached hydrogens (tertiary/aromatic N) is 4. The van der Waals surface area contributed by atoms with Gasteiger partial charge in [0.2, 0.25) is 0 Å². The van der Waals surface area contributed by atoms with Crippen LogP contribution in [0.15, 0.2) is 33.9 Å². The molecule has 114 valence electrons. The van der Waals surface area contributed by atoms with Crippen LogP contribution in [0.4, 0.5) is 4.39 Å². The highest BCUT2D eigenvalue weighted by Gasteiger charge is 2.25. The van der Waals surface area contributed by atoms with Gasteiger partial charge in [-0.15, -0.1) is 10.2 Å². The molecule has 0 fully saturated rings. The number of carbonyl (C=O) groups excluding carboxylic acids is 1. The summed E-state index contributed by atoms with van der Waals surface area (Å²) >= 11 is 0. The smallest absolute Gasteiger partial charge is 0.311 e. The molecule has 1 aliphatic heterocycles. The van der Waals surface area contributed by atoms with Gasteiger partial charge in [0.15, 0.2) is 0 Å². The molecule has 0 atom stereocenters. The highest BCUT2D eigenvalue weighted by molar-refractivity contribution is 5.90. The van der Waals surface area contributed by atoms with Crippen LogP contribution < -0.4 is 0 Å². The van der Waals surface area contributed by atoms with E-state index >= 15 is 0 Å². The van der Waals surface area contributed by atoms with Crippen molar-refractivity contribution in [1.29, 1.82) is 0 Å². The molecule has 0 aromatic carbocycles. The van der Waals surface area contributed by atoms with Gasteiger partial charge in [0, 0.05) is 13.1 Å². The largest absolute Gasteiger partial charge is 0.411 e. The predicted octanol–water partition coefficient (Wildman–Crippen LogP) is 2.45. The van der Waals surface area contributed by atoms with Crippen molar-refractivity contribution < 1.29 is 13.6 Å². The number of halogens is 1. The molecule has 7 heteroatoms. The molecule has 0 radical (unpaired) electrons. The fraction of sp³-hybridized carbons (Fsp3) is 0.333. The molecular formula is C15H15FN4O2. The SMILES string of the molecule is CC1=C(C)CN(C(=O)c2nnc(-c3ccc(F)cn3)o2)CC1. The third-order valence-electron chi connectivity index (χ3n) is 3.75. The summed E-state index contributed by atoms with van der Waals surface area (Å²) in [7, 11) is 0. The molecule has 0 saturated carbocycles. The summed E-state index contributed by atoms with van der Waals surface area (Å²) in [4.78, 5) is 17.9. The summed E-state index contributed by atoms with van der Waals surface area (Å²) in [5, 5.41) is 7.58. The minimum absolute atomic E-state index is 0.0755. The van der Waals surface area contributed by atoms with E-state index in [1.54, 1.807) is 4.90 Å². The Morgan fingerprint density at radius 2 is 2.09 bits per heavy atom. The normalized spacial score (nSPS) is 15.3. The van der Waals surface area contributed by atoms with Crippen molar-refractivity contribution in [2.75, 3.05) is 13.1 Å². The van der Waals surface area contributed by atoms with Gasteiger partial charge in [-0.25, -0.2) is 9.37 Å². The van der Waals surface area contributed by atoms with Gasteiger partial charge in [-0.2, -0.15) is 0 Å². The first-order valence-electron chi connectivity index (χ1n) is 6.94. The number of rotatable bonds is 2. The zero-order valence-electron chi connectivity index (χ0n) is 12.3. The van der Waals surface area contributed by atoms with Crippen LogP contribution in [0.5, 0.6) is 0 Å². The highest BCUT2D eigenvalue weighted by Crippen LogP contribution is 2.20. The Balaban J connectivity index is 1.79. The van der Waals surface area contributed by atoms with Gasteiger partial charge in [0.05, 0.1) is 6.20 Å². The Morgan fingerprint density at radius 1 is 1.27 bits per heavy atom. The van der Waals surface area contributed by atoms with E-state index in [0.29, 0.717) is 18.8 Å². The summed E-state index contributed by atoms with van der Waals surface area (Å²) in [6, 6.07) is 2.67. The fourth-order valence-electron chi connectivity index (χ4n) is 2.24. The highest BCUT2D eigenvalue weighted by atomic mass is 19.1. The molecule has 2 aromatic heterocycles. The number of amides is 1. The van der Waals surface area contributed by atoms with Gasteiger partial charge < -0.3 is 9.32 Å². The lowest BCUT2D eigenvalue weighted by molar-refractivity contribution is 0.0724. The molecule has 0 aliphatic carbocycles. The van der Waals surface area contributed by atoms with Crippen LogP contribution in [0.2, 0.25) is 0 Å². The average molecular weight is 302 g/mol. The second-order valence-electron chi connectivity index (χ2n) is 5.31. The van der Waals surface area contributed by atoms with Gasteiger partial charge in [-0.1, -0.05) is 11.1 Å². The van der Waals surface area contributed by atoms with Crippen molar-refractivity contribution in [2.24, 2.45) is 0 Å². The molecule has 3 heterocycles. The minimum atomic E-state index is -0.453. The maximum atomic E-state index is 12.9. The van der Waals surface area contributed by atoms with Crippen LogP contribution in [0.3, 0.4) is 0 Å². The lowest BCUT2D eigenvalue weighted by Crippen LogP contribution is -2.36. The minimum Gasteiger partial charge on any atom is -0.411 e. The van der Waals surface area contributed by atoms with Crippen molar-refractivity contribution >= 4 is 5.91 Å². The zero-order chi connectivity index (χ0) is 15.7. The van der Waals surface area contributed by atoms with E-state index in [1.165, 1.54) is 23.3 Å². The van der Waals surface area contributed by atoms with Gasteiger partial charge in [-0.3, -0.25) is 4.79 Å². The summed E-state index contributed by atoms with van der Waals surface area (Å²) in [5.74, 6) is -0.726. The number of aromatic nitrogens is 3. The molecule has 0 unspecified atom stereocenters. The molecule has 6 nitrogen and oxygen atoms in total. The van der Waals surface area contributed by atoms with E-state index in [1.807, 2.05) is 6.92 Å². The van der Waals surface area contributed by atoms with Gasteiger partial charge in [-0.05, 0) is 32.4 Å². The molecule has 3 rings (SSSR count). The molecular weight excluding hydrogens is 287 g/mol. The van der Waals surface area contributed by atoms with Gasteiger partial charge in [0.1, 0.15) is 11.5 Å². The number of hydrogen-bond donors (Lipinski definition) is 0. The maximum absolute atomic E-state index is 12.9. The van der Waals surface area contributed by atoms with E-state index < -0.39 is 5.82 Å². The Labute approximate surface area is 126 Å². The quantitative estimate of drug-likeness (QED) is 0.797. The fourth-order valence-corrected chi connectivity index (χ4v) is 2.24. The van der Waals surface area contributed by atoms with Gasteiger partial charge in [0.25, 0.3) is 5.89 Å². The van der Waals surface area contributed by atoms with Crippen LogP contribution in [0.25, 0.3) is 11.6 Å². The number of pyridine rings is 1. The van der Waals surface area contributed by atoms with Crippen molar-refractivity contribution in [3.63, 3.8) is 0 Å². The van der Waals surface area contributed by atoms with Crippen LogP contribution in [-0.4, -0.2) is 39.1 Å². The van der Waals surface area contributed by atoms with Crippen LogP contribution in [-0.2, 0) is 0 Å². The Bertz CT molecular complexity index is 736. The molecule has 0 spiro atoms. The maximum Gasteiger partial charge on any atom is 0.311 e. The third-order valence-corrected chi connectivity index (χ3v) is 3.75. The molecule has 1 amide bonds. The molecule has 0 N–H and O–H groups in total. The summed E-state index contributed by atoms with van der Waals surface area (Å²) in [6.07, 6.45) is 1.90. The summed E-state index contributed by atoms with van der Waals surface area (Å²) < 4.78 is 18.2. The first kappa shape index (κ1) is 14.4. The van der Waals surface area contributed by atoms with E-state index in [9.17, 15) is 9.18 Å². The van der Waals surface area contributed by atoms with E-state index in [2.05, 4.69) is 22.1 Å². The molecule has 1 aliphatic rings. The Kier molecular flexibility index (Phi) is 3.70. The number of hydrogen-bond acceptors (Lipinski definition) is 5. The summed E-state index contributed by atoms with van der Waals surface area (Å²) in [5.41, 5.74) is 2.82. The van der Waals surface area contributed by atoms with Crippen LogP contribution in [0, 0.1) is 5.82 Å². The topological polar surface area (TPSA) is 72.1 Å². The standard InChI is InChI=1S/C15H15FN4O2/c1-9-5-6-20(8-10(9)2)15(21)14-19-18-13(22-14)12-4-3-11(16)7-17-12/h3-4,7H,5-6,8H2,1-2H3. The van der Waals surface area contributed by atoms with Crippen molar-refractivity contribution in [1.82, 2.24) is 20.1 Å². The average Bonchev–Trinajstić information content (AvgIpc) is 3.00. The molecule has 0 saturated heterocycles. The lowest BCUT2D eigenvalue weighted by atomic mass is 10.0. The third kappa shape index (κ3) is 2.74. The summed E-state index contributed by atoms with van der Waals surface area (Å²) in [6.45, 7) is 5.28. The van der Waals surface area contributed by atoms with Crippen LogP contribution >= 0.6 is 0 Å². The van der Waals surface area contributed by atoms with Crippen molar-refractivity contribution in [3.05, 3.63) is 41.2 Å². The first-order valence-corrected chi connectivity index (χ1v) is 6.94. The second-order valence-corrected chi connectivity index (χ2v) is 5.31. The monoisotopic (exact) mass is 302 g/mol. The van der Waals surface area contributed by atoms with Crippen molar-refractivity contribution in [2.45, 2.75) is 20.3 Å². The van der Waals surface area contributed by atoms with E-state index in [0.717, 1.165) is 12.6 Å². The molecule has 22 heavy (non-hydrogen) atoms. The predicted molar refractivity (Wildman–Crippen MR) is 76.4 cm³/mol. The number of carbonyl (C=O) groups is 1. The van der Waals surface area contributed by atoms with E-state index in [-0.39, 0.29) is 17.7 Å².